The molecular formula is C7H9NO2S. The second-order valence-electron chi connectivity index (χ2n) is 2.51. The van der Waals surface area contributed by atoms with Crippen molar-refractivity contribution in [1.82, 2.24) is 4.90 Å². The molecule has 2 aliphatic rings. The van der Waals surface area contributed by atoms with Crippen molar-refractivity contribution in [2.24, 2.45) is 0 Å². The molecule has 0 aromatic carbocycles. The summed E-state index contributed by atoms with van der Waals surface area (Å²) in [6, 6.07) is 0. The summed E-state index contributed by atoms with van der Waals surface area (Å²) in [4.78, 5) is 12.9. The van der Waals surface area contributed by atoms with Crippen molar-refractivity contribution in [2.75, 3.05) is 12.9 Å². The van der Waals surface area contributed by atoms with Crippen LogP contribution in [-0.4, -0.2) is 35.1 Å². The van der Waals surface area contributed by atoms with E-state index >= 15 is 0 Å². The van der Waals surface area contributed by atoms with Crippen LogP contribution in [0.4, 0.5) is 0 Å². The standard InChI is InChI=1S/C7H9NO2S/c1-10-5-6(9)8-3-2-4-11-7(5)8/h2-3,5,7H,4H2,1H3/t5-,7+/m0/s1. The molecule has 0 bridgehead atoms. The van der Waals surface area contributed by atoms with Crippen LogP contribution in [0.25, 0.3) is 0 Å². The number of hydrogen-bond acceptors (Lipinski definition) is 3. The van der Waals surface area contributed by atoms with Gasteiger partial charge in [-0.1, -0.05) is 6.08 Å². The van der Waals surface area contributed by atoms with Crippen LogP contribution in [0.3, 0.4) is 0 Å². The molecule has 2 rings (SSSR count). The van der Waals surface area contributed by atoms with E-state index in [9.17, 15) is 4.79 Å². The summed E-state index contributed by atoms with van der Waals surface area (Å²) in [5, 5.41) is 0.234. The Balaban J connectivity index is 2.12. The molecular weight excluding hydrogens is 162 g/mol. The fourth-order valence-electron chi connectivity index (χ4n) is 1.31. The highest BCUT2D eigenvalue weighted by atomic mass is 32.2. The van der Waals surface area contributed by atoms with Crippen molar-refractivity contribution < 1.29 is 9.53 Å². The minimum Gasteiger partial charge on any atom is -0.368 e. The Bertz CT molecular complexity index is 216. The molecule has 1 saturated heterocycles. The molecule has 4 heteroatoms. The SMILES string of the molecule is CO[C@H]1C(=O)N2C=CCS[C@H]12. The third kappa shape index (κ3) is 0.895. The first-order valence-electron chi connectivity index (χ1n) is 3.48. The number of hydrogen-bond donors (Lipinski definition) is 0. The molecule has 1 fully saturated rings. The molecule has 60 valence electrons. The van der Waals surface area contributed by atoms with Gasteiger partial charge in [-0.3, -0.25) is 4.79 Å². The fraction of sp³-hybridized carbons (Fsp3) is 0.571. The number of rotatable bonds is 1. The predicted octanol–water partition coefficient (Wildman–Crippen LogP) is 0.430. The van der Waals surface area contributed by atoms with Gasteiger partial charge in [0.15, 0.2) is 6.10 Å². The summed E-state index contributed by atoms with van der Waals surface area (Å²) in [6.07, 6.45) is 3.63. The zero-order chi connectivity index (χ0) is 7.84. The third-order valence-corrected chi connectivity index (χ3v) is 3.11. The van der Waals surface area contributed by atoms with Crippen molar-refractivity contribution in [2.45, 2.75) is 11.5 Å². The Morgan fingerprint density at radius 1 is 1.82 bits per heavy atom. The van der Waals surface area contributed by atoms with Gasteiger partial charge in [0.1, 0.15) is 5.37 Å². The van der Waals surface area contributed by atoms with E-state index in [1.807, 2.05) is 12.3 Å². The summed E-state index contributed by atoms with van der Waals surface area (Å²) in [7, 11) is 1.58. The quantitative estimate of drug-likeness (QED) is 0.536. The lowest BCUT2D eigenvalue weighted by molar-refractivity contribution is -0.156. The normalized spacial score (nSPS) is 35.0. The molecule has 2 atom stereocenters. The van der Waals surface area contributed by atoms with Gasteiger partial charge in [-0.25, -0.2) is 0 Å². The zero-order valence-electron chi connectivity index (χ0n) is 6.19. The van der Waals surface area contributed by atoms with Crippen LogP contribution in [0.5, 0.6) is 0 Å². The van der Waals surface area contributed by atoms with Crippen molar-refractivity contribution in [3.05, 3.63) is 12.3 Å². The first-order chi connectivity index (χ1) is 5.34. The smallest absolute Gasteiger partial charge is 0.259 e. The third-order valence-electron chi connectivity index (χ3n) is 1.91. The molecule has 0 aromatic heterocycles. The van der Waals surface area contributed by atoms with Gasteiger partial charge in [-0.15, -0.1) is 11.8 Å². The lowest BCUT2D eigenvalue weighted by atomic mass is 10.1. The second kappa shape index (κ2) is 2.53. The summed E-state index contributed by atoms with van der Waals surface area (Å²) >= 11 is 1.74. The molecule has 0 N–H and O–H groups in total. The highest BCUT2D eigenvalue weighted by Crippen LogP contribution is 2.34. The van der Waals surface area contributed by atoms with Gasteiger partial charge < -0.3 is 9.64 Å². The van der Waals surface area contributed by atoms with Crippen molar-refractivity contribution in [3.8, 4) is 0 Å². The molecule has 11 heavy (non-hydrogen) atoms. The molecule has 0 aromatic rings. The van der Waals surface area contributed by atoms with Crippen LogP contribution >= 0.6 is 11.8 Å². The van der Waals surface area contributed by atoms with E-state index in [2.05, 4.69) is 0 Å². The van der Waals surface area contributed by atoms with Gasteiger partial charge in [0, 0.05) is 19.1 Å². The van der Waals surface area contributed by atoms with E-state index in [-0.39, 0.29) is 17.4 Å². The highest BCUT2D eigenvalue weighted by molar-refractivity contribution is 8.00. The molecule has 3 nitrogen and oxygen atoms in total. The first-order valence-corrected chi connectivity index (χ1v) is 4.52. The van der Waals surface area contributed by atoms with E-state index in [1.54, 1.807) is 23.8 Å². The number of amides is 1. The van der Waals surface area contributed by atoms with Crippen molar-refractivity contribution in [1.29, 1.82) is 0 Å². The number of carbonyl (C=O) groups is 1. The van der Waals surface area contributed by atoms with Gasteiger partial charge in [0.25, 0.3) is 5.91 Å². The number of methoxy groups -OCH3 is 1. The molecule has 0 aliphatic carbocycles. The van der Waals surface area contributed by atoms with Crippen LogP contribution in [0.15, 0.2) is 12.3 Å². The average molecular weight is 171 g/mol. The fourth-order valence-corrected chi connectivity index (χ4v) is 2.44. The Morgan fingerprint density at radius 2 is 2.64 bits per heavy atom. The minimum absolute atomic E-state index is 0.0842. The van der Waals surface area contributed by atoms with Crippen molar-refractivity contribution >= 4 is 17.7 Å². The minimum atomic E-state index is -0.204. The Morgan fingerprint density at radius 3 is 3.36 bits per heavy atom. The predicted molar refractivity (Wildman–Crippen MR) is 43.0 cm³/mol. The molecule has 2 aliphatic heterocycles. The highest BCUT2D eigenvalue weighted by Gasteiger charge is 2.47. The maximum atomic E-state index is 11.2. The Labute approximate surface area is 69.4 Å². The van der Waals surface area contributed by atoms with E-state index < -0.39 is 0 Å². The van der Waals surface area contributed by atoms with Gasteiger partial charge in [-0.05, 0) is 0 Å². The number of nitrogens with zero attached hydrogens (tertiary/aromatic N) is 1. The average Bonchev–Trinajstić information content (AvgIpc) is 2.05. The number of ether oxygens (including phenoxy) is 1. The van der Waals surface area contributed by atoms with Crippen molar-refractivity contribution in [3.63, 3.8) is 0 Å². The van der Waals surface area contributed by atoms with Crippen LogP contribution in [0.2, 0.25) is 0 Å². The molecule has 2 heterocycles. The largest absolute Gasteiger partial charge is 0.368 e. The van der Waals surface area contributed by atoms with E-state index in [0.29, 0.717) is 0 Å². The Kier molecular flexibility index (Phi) is 1.65. The van der Waals surface area contributed by atoms with E-state index in [1.165, 1.54) is 0 Å². The summed E-state index contributed by atoms with van der Waals surface area (Å²) in [6.45, 7) is 0. The van der Waals surface area contributed by atoms with Gasteiger partial charge >= 0.3 is 0 Å². The lowest BCUT2D eigenvalue weighted by Gasteiger charge is -2.45. The van der Waals surface area contributed by atoms with E-state index in [4.69, 9.17) is 4.74 Å². The monoisotopic (exact) mass is 171 g/mol. The number of β-lactam (4-membered cyclic amide) rings is 1. The van der Waals surface area contributed by atoms with Gasteiger partial charge in [-0.2, -0.15) is 0 Å². The lowest BCUT2D eigenvalue weighted by Crippen LogP contribution is -2.62. The summed E-state index contributed by atoms with van der Waals surface area (Å²) in [5.74, 6) is 1.06. The topological polar surface area (TPSA) is 29.5 Å². The van der Waals surface area contributed by atoms with Crippen LogP contribution in [0, 0.1) is 0 Å². The molecule has 1 amide bonds. The molecule has 0 radical (unpaired) electrons. The number of thioether (sulfide) groups is 1. The summed E-state index contributed by atoms with van der Waals surface area (Å²) in [5.41, 5.74) is 0. The van der Waals surface area contributed by atoms with Crippen LogP contribution in [-0.2, 0) is 9.53 Å². The molecule has 0 unspecified atom stereocenters. The van der Waals surface area contributed by atoms with Crippen LogP contribution < -0.4 is 0 Å². The number of carbonyl (C=O) groups excluding carboxylic acids is 1. The molecule has 0 spiro atoms. The Hall–Kier alpha value is -0.480. The number of fused-ring (bicyclic) bond motifs is 1. The van der Waals surface area contributed by atoms with E-state index in [0.717, 1.165) is 5.75 Å². The van der Waals surface area contributed by atoms with Crippen LogP contribution in [0.1, 0.15) is 0 Å². The maximum absolute atomic E-state index is 11.2. The zero-order valence-corrected chi connectivity index (χ0v) is 7.00. The molecule has 0 saturated carbocycles. The first kappa shape index (κ1) is 7.18. The summed E-state index contributed by atoms with van der Waals surface area (Å²) < 4.78 is 5.02. The maximum Gasteiger partial charge on any atom is 0.259 e. The second-order valence-corrected chi connectivity index (χ2v) is 3.66. The van der Waals surface area contributed by atoms with Gasteiger partial charge in [0.05, 0.1) is 0 Å². The van der Waals surface area contributed by atoms with Gasteiger partial charge in [0.2, 0.25) is 0 Å².